The predicted octanol–water partition coefficient (Wildman–Crippen LogP) is 1.20. The van der Waals surface area contributed by atoms with Crippen LogP contribution in [0.1, 0.15) is 17.7 Å². The fourth-order valence-corrected chi connectivity index (χ4v) is 1.76. The monoisotopic (exact) mass is 165 g/mol. The lowest BCUT2D eigenvalue weighted by molar-refractivity contribution is -0.142. The van der Waals surface area contributed by atoms with Crippen LogP contribution in [0, 0.1) is 5.92 Å². The highest BCUT2D eigenvalue weighted by atomic mass is 16.4. The molecule has 0 saturated heterocycles. The van der Waals surface area contributed by atoms with Gasteiger partial charge in [-0.2, -0.15) is 0 Å². The number of hydrogen-bond acceptors (Lipinski definition) is 1. The van der Waals surface area contributed by atoms with E-state index >= 15 is 0 Å². The topological polar surface area (TPSA) is 53.1 Å². The lowest BCUT2D eigenvalue weighted by Crippen LogP contribution is -2.21. The third-order valence-electron chi connectivity index (χ3n) is 2.49. The van der Waals surface area contributed by atoms with Gasteiger partial charge in [0, 0.05) is 11.9 Å². The highest BCUT2D eigenvalue weighted by molar-refractivity contribution is 5.70. The van der Waals surface area contributed by atoms with Crippen molar-refractivity contribution < 1.29 is 9.90 Å². The summed E-state index contributed by atoms with van der Waals surface area (Å²) in [6.07, 6.45) is 4.21. The Morgan fingerprint density at radius 3 is 3.25 bits per heavy atom. The summed E-state index contributed by atoms with van der Waals surface area (Å²) in [5.74, 6) is -0.838. The molecule has 1 aromatic rings. The quantitative estimate of drug-likeness (QED) is 0.657. The summed E-state index contributed by atoms with van der Waals surface area (Å²) in [7, 11) is 0. The van der Waals surface area contributed by atoms with E-state index in [1.165, 1.54) is 11.3 Å². The third-order valence-corrected chi connectivity index (χ3v) is 2.49. The van der Waals surface area contributed by atoms with Gasteiger partial charge in [-0.25, -0.2) is 0 Å². The van der Waals surface area contributed by atoms with Crippen LogP contribution in [-0.4, -0.2) is 16.1 Å². The van der Waals surface area contributed by atoms with E-state index in [2.05, 4.69) is 4.98 Å². The van der Waals surface area contributed by atoms with Crippen LogP contribution in [0.3, 0.4) is 0 Å². The van der Waals surface area contributed by atoms with Gasteiger partial charge in [0.2, 0.25) is 0 Å². The number of carboxylic acid groups (broad SMARTS) is 1. The number of aliphatic carboxylic acids is 1. The third kappa shape index (κ3) is 1.11. The zero-order valence-corrected chi connectivity index (χ0v) is 6.71. The molecule has 12 heavy (non-hydrogen) atoms. The summed E-state index contributed by atoms with van der Waals surface area (Å²) in [5.41, 5.74) is 2.39. The number of carbonyl (C=O) groups is 1. The molecular formula is C9H11NO2. The van der Waals surface area contributed by atoms with Crippen molar-refractivity contribution in [3.63, 3.8) is 0 Å². The number of rotatable bonds is 1. The number of H-pyrrole nitrogens is 1. The molecule has 0 saturated carbocycles. The summed E-state index contributed by atoms with van der Waals surface area (Å²) in [4.78, 5) is 13.8. The van der Waals surface area contributed by atoms with Gasteiger partial charge in [-0.1, -0.05) is 0 Å². The van der Waals surface area contributed by atoms with Gasteiger partial charge < -0.3 is 10.1 Å². The van der Waals surface area contributed by atoms with Gasteiger partial charge in [0.25, 0.3) is 0 Å². The van der Waals surface area contributed by atoms with Gasteiger partial charge in [0.1, 0.15) is 0 Å². The summed E-state index contributed by atoms with van der Waals surface area (Å²) in [5, 5.41) is 8.79. The molecule has 0 radical (unpaired) electrons. The molecule has 1 atom stereocenters. The second-order valence-corrected chi connectivity index (χ2v) is 3.26. The molecule has 3 nitrogen and oxygen atoms in total. The normalized spacial score (nSPS) is 21.8. The highest BCUT2D eigenvalue weighted by Gasteiger charge is 2.24. The Hall–Kier alpha value is -1.25. The van der Waals surface area contributed by atoms with Crippen LogP contribution >= 0.6 is 0 Å². The smallest absolute Gasteiger partial charge is 0.306 e. The number of aromatic nitrogens is 1. The van der Waals surface area contributed by atoms with Crippen molar-refractivity contribution in [1.29, 1.82) is 0 Å². The minimum atomic E-state index is -0.665. The Labute approximate surface area is 70.4 Å². The fourth-order valence-electron chi connectivity index (χ4n) is 1.76. The molecule has 0 amide bonds. The average Bonchev–Trinajstić information content (AvgIpc) is 2.49. The van der Waals surface area contributed by atoms with E-state index in [1.54, 1.807) is 0 Å². The van der Waals surface area contributed by atoms with Gasteiger partial charge >= 0.3 is 5.97 Å². The molecule has 0 bridgehead atoms. The minimum Gasteiger partial charge on any atom is -0.481 e. The van der Waals surface area contributed by atoms with Crippen LogP contribution in [-0.2, 0) is 17.6 Å². The lowest BCUT2D eigenvalue weighted by Gasteiger charge is -2.17. The van der Waals surface area contributed by atoms with Crippen molar-refractivity contribution in [3.8, 4) is 0 Å². The second-order valence-electron chi connectivity index (χ2n) is 3.26. The van der Waals surface area contributed by atoms with Crippen LogP contribution < -0.4 is 0 Å². The standard InChI is InChI=1S/C9H11NO2/c11-9(12)7-1-2-8-6(5-7)3-4-10-8/h3-4,7,10H,1-2,5H2,(H,11,12). The van der Waals surface area contributed by atoms with Gasteiger partial charge in [-0.15, -0.1) is 0 Å². The van der Waals surface area contributed by atoms with Crippen LogP contribution in [0.2, 0.25) is 0 Å². The van der Waals surface area contributed by atoms with E-state index in [0.29, 0.717) is 6.42 Å². The molecule has 0 spiro atoms. The molecule has 1 aliphatic rings. The zero-order chi connectivity index (χ0) is 8.55. The molecule has 2 rings (SSSR count). The fraction of sp³-hybridized carbons (Fsp3) is 0.444. The Kier molecular flexibility index (Phi) is 1.64. The Morgan fingerprint density at radius 1 is 1.67 bits per heavy atom. The van der Waals surface area contributed by atoms with Crippen molar-refractivity contribution in [1.82, 2.24) is 4.98 Å². The first kappa shape index (κ1) is 7.40. The van der Waals surface area contributed by atoms with E-state index < -0.39 is 5.97 Å². The van der Waals surface area contributed by atoms with E-state index in [9.17, 15) is 4.79 Å². The lowest BCUT2D eigenvalue weighted by atomic mass is 9.88. The largest absolute Gasteiger partial charge is 0.481 e. The highest BCUT2D eigenvalue weighted by Crippen LogP contribution is 2.24. The number of carboxylic acids is 1. The molecule has 2 N–H and O–H groups in total. The molecule has 3 heteroatoms. The van der Waals surface area contributed by atoms with Crippen molar-refractivity contribution in [2.24, 2.45) is 5.92 Å². The summed E-state index contributed by atoms with van der Waals surface area (Å²) < 4.78 is 0. The van der Waals surface area contributed by atoms with E-state index in [4.69, 9.17) is 5.11 Å². The molecular weight excluding hydrogens is 154 g/mol. The van der Waals surface area contributed by atoms with E-state index in [0.717, 1.165) is 12.8 Å². The first-order valence-electron chi connectivity index (χ1n) is 4.15. The van der Waals surface area contributed by atoms with E-state index in [-0.39, 0.29) is 5.92 Å². The zero-order valence-electron chi connectivity index (χ0n) is 6.71. The van der Waals surface area contributed by atoms with Crippen LogP contribution in [0.5, 0.6) is 0 Å². The first-order chi connectivity index (χ1) is 5.77. The summed E-state index contributed by atoms with van der Waals surface area (Å²) in [6.45, 7) is 0. The number of aromatic amines is 1. The minimum absolute atomic E-state index is 0.173. The molecule has 0 fully saturated rings. The molecule has 1 heterocycles. The first-order valence-corrected chi connectivity index (χ1v) is 4.15. The van der Waals surface area contributed by atoms with Crippen LogP contribution in [0.15, 0.2) is 12.3 Å². The second kappa shape index (κ2) is 2.66. The predicted molar refractivity (Wildman–Crippen MR) is 43.9 cm³/mol. The molecule has 1 aromatic heterocycles. The molecule has 1 aliphatic carbocycles. The van der Waals surface area contributed by atoms with E-state index in [1.807, 2.05) is 12.3 Å². The van der Waals surface area contributed by atoms with Crippen molar-refractivity contribution in [3.05, 3.63) is 23.5 Å². The van der Waals surface area contributed by atoms with Gasteiger partial charge in [-0.3, -0.25) is 4.79 Å². The maximum absolute atomic E-state index is 10.7. The van der Waals surface area contributed by atoms with Crippen molar-refractivity contribution >= 4 is 5.97 Å². The summed E-state index contributed by atoms with van der Waals surface area (Å²) >= 11 is 0. The average molecular weight is 165 g/mol. The number of fused-ring (bicyclic) bond motifs is 1. The molecule has 0 aromatic carbocycles. The number of hydrogen-bond donors (Lipinski definition) is 2. The van der Waals surface area contributed by atoms with Crippen LogP contribution in [0.25, 0.3) is 0 Å². The van der Waals surface area contributed by atoms with Crippen molar-refractivity contribution in [2.75, 3.05) is 0 Å². The maximum Gasteiger partial charge on any atom is 0.306 e. The van der Waals surface area contributed by atoms with Gasteiger partial charge in [0.15, 0.2) is 0 Å². The van der Waals surface area contributed by atoms with Crippen LogP contribution in [0.4, 0.5) is 0 Å². The number of aryl methyl sites for hydroxylation is 1. The summed E-state index contributed by atoms with van der Waals surface area (Å²) in [6, 6.07) is 1.98. The molecule has 0 aliphatic heterocycles. The SMILES string of the molecule is O=C(O)C1CCc2[nH]ccc2C1. The maximum atomic E-state index is 10.7. The van der Waals surface area contributed by atoms with Gasteiger partial charge in [-0.05, 0) is 30.9 Å². The Balaban J connectivity index is 2.20. The molecule has 1 unspecified atom stereocenters. The molecule has 64 valence electrons. The van der Waals surface area contributed by atoms with Gasteiger partial charge in [0.05, 0.1) is 5.92 Å². The Bertz CT molecular complexity index is 303. The Morgan fingerprint density at radius 2 is 2.50 bits per heavy atom. The van der Waals surface area contributed by atoms with Crippen molar-refractivity contribution in [2.45, 2.75) is 19.3 Å². The number of nitrogens with one attached hydrogen (secondary N) is 1.